The topological polar surface area (TPSA) is 65.4 Å². The highest BCUT2D eigenvalue weighted by Crippen LogP contribution is 2.28. The molecule has 0 radical (unpaired) electrons. The second-order valence-electron chi connectivity index (χ2n) is 9.09. The Balaban J connectivity index is 0.000000751. The van der Waals surface area contributed by atoms with Gasteiger partial charge >= 0.3 is 0 Å². The molecular weight excluding hydrogens is 422 g/mol. The lowest BCUT2D eigenvalue weighted by atomic mass is 10.1. The molecule has 3 heterocycles. The van der Waals surface area contributed by atoms with Gasteiger partial charge in [-0.2, -0.15) is 0 Å². The SMILES string of the molecule is CC(C)C.CCCN(CCC)c1ccc(Nc2ccc(-c3cc[nH]c(=O)c3)n3ccnc23)cc1. The number of aromatic nitrogens is 3. The van der Waals surface area contributed by atoms with Gasteiger partial charge in [0.15, 0.2) is 5.65 Å². The highest BCUT2D eigenvalue weighted by Gasteiger charge is 2.10. The largest absolute Gasteiger partial charge is 0.372 e. The molecule has 6 heteroatoms. The second kappa shape index (κ2) is 12.1. The van der Waals surface area contributed by atoms with Crippen molar-refractivity contribution >= 4 is 22.7 Å². The first-order valence-corrected chi connectivity index (χ1v) is 12.2. The highest BCUT2D eigenvalue weighted by atomic mass is 16.1. The van der Waals surface area contributed by atoms with Gasteiger partial charge in [0, 0.05) is 54.7 Å². The van der Waals surface area contributed by atoms with Crippen molar-refractivity contribution in [3.8, 4) is 11.3 Å². The fourth-order valence-electron chi connectivity index (χ4n) is 3.77. The molecule has 4 rings (SSSR count). The lowest BCUT2D eigenvalue weighted by Crippen LogP contribution is -2.24. The summed E-state index contributed by atoms with van der Waals surface area (Å²) in [6.07, 6.45) is 7.62. The van der Waals surface area contributed by atoms with Crippen molar-refractivity contribution in [2.45, 2.75) is 47.5 Å². The van der Waals surface area contributed by atoms with Crippen molar-refractivity contribution in [2.24, 2.45) is 5.92 Å². The van der Waals surface area contributed by atoms with E-state index in [9.17, 15) is 4.79 Å². The quantitative estimate of drug-likeness (QED) is 0.307. The molecule has 0 aliphatic rings. The maximum Gasteiger partial charge on any atom is 0.248 e. The molecule has 0 amide bonds. The monoisotopic (exact) mass is 459 g/mol. The van der Waals surface area contributed by atoms with E-state index in [0.717, 1.165) is 60.1 Å². The number of nitrogens with one attached hydrogen (secondary N) is 2. The van der Waals surface area contributed by atoms with E-state index in [0.29, 0.717) is 0 Å². The Kier molecular flexibility index (Phi) is 8.91. The number of rotatable bonds is 8. The number of benzene rings is 1. The molecule has 0 bridgehead atoms. The number of hydrogen-bond donors (Lipinski definition) is 2. The molecule has 0 saturated carbocycles. The van der Waals surface area contributed by atoms with Gasteiger partial charge in [-0.05, 0) is 61.2 Å². The van der Waals surface area contributed by atoms with E-state index in [1.807, 2.05) is 28.8 Å². The van der Waals surface area contributed by atoms with Crippen molar-refractivity contribution in [1.82, 2.24) is 14.4 Å². The van der Waals surface area contributed by atoms with E-state index in [2.05, 4.69) is 79.1 Å². The van der Waals surface area contributed by atoms with Crippen LogP contribution in [-0.2, 0) is 0 Å². The fraction of sp³-hybridized carbons (Fsp3) is 0.357. The van der Waals surface area contributed by atoms with Crippen molar-refractivity contribution < 1.29 is 0 Å². The van der Waals surface area contributed by atoms with E-state index in [1.165, 1.54) is 5.69 Å². The summed E-state index contributed by atoms with van der Waals surface area (Å²) in [4.78, 5) is 21.3. The van der Waals surface area contributed by atoms with Gasteiger partial charge in [0.2, 0.25) is 5.56 Å². The van der Waals surface area contributed by atoms with Crippen LogP contribution < -0.4 is 15.8 Å². The van der Waals surface area contributed by atoms with Crippen molar-refractivity contribution in [3.63, 3.8) is 0 Å². The van der Waals surface area contributed by atoms with Crippen LogP contribution in [0.3, 0.4) is 0 Å². The highest BCUT2D eigenvalue weighted by molar-refractivity contribution is 5.78. The average molecular weight is 460 g/mol. The first-order chi connectivity index (χ1) is 16.4. The molecule has 3 aromatic heterocycles. The van der Waals surface area contributed by atoms with E-state index < -0.39 is 0 Å². The number of aromatic amines is 1. The molecule has 0 saturated heterocycles. The predicted octanol–water partition coefficient (Wildman–Crippen LogP) is 6.72. The minimum Gasteiger partial charge on any atom is -0.372 e. The maximum absolute atomic E-state index is 11.7. The summed E-state index contributed by atoms with van der Waals surface area (Å²) in [7, 11) is 0. The van der Waals surface area contributed by atoms with Crippen LogP contribution in [0.5, 0.6) is 0 Å². The lowest BCUT2D eigenvalue weighted by molar-refractivity contribution is 0.737. The van der Waals surface area contributed by atoms with Gasteiger partial charge in [-0.25, -0.2) is 4.98 Å². The predicted molar refractivity (Wildman–Crippen MR) is 144 cm³/mol. The molecule has 1 aromatic carbocycles. The molecule has 0 spiro atoms. The Morgan fingerprint density at radius 3 is 2.29 bits per heavy atom. The van der Waals surface area contributed by atoms with Gasteiger partial charge in [-0.15, -0.1) is 0 Å². The Morgan fingerprint density at radius 2 is 1.68 bits per heavy atom. The van der Waals surface area contributed by atoms with Gasteiger partial charge in [-0.1, -0.05) is 34.6 Å². The molecule has 0 aliphatic carbocycles. The summed E-state index contributed by atoms with van der Waals surface area (Å²) >= 11 is 0. The van der Waals surface area contributed by atoms with Crippen LogP contribution in [0.1, 0.15) is 47.5 Å². The number of imidazole rings is 1. The van der Waals surface area contributed by atoms with Crippen LogP contribution in [0.25, 0.3) is 16.9 Å². The Morgan fingerprint density at radius 1 is 1.00 bits per heavy atom. The third-order valence-corrected chi connectivity index (χ3v) is 5.12. The molecule has 34 heavy (non-hydrogen) atoms. The molecule has 180 valence electrons. The molecular formula is C28H37N5O. The minimum absolute atomic E-state index is 0.122. The first-order valence-electron chi connectivity index (χ1n) is 12.2. The number of nitrogens with zero attached hydrogens (tertiary/aromatic N) is 3. The zero-order chi connectivity index (χ0) is 24.5. The summed E-state index contributed by atoms with van der Waals surface area (Å²) in [6.45, 7) is 13.1. The number of anilines is 3. The van der Waals surface area contributed by atoms with Crippen molar-refractivity contribution in [2.75, 3.05) is 23.3 Å². The molecule has 0 atom stereocenters. The number of fused-ring (bicyclic) bond motifs is 1. The van der Waals surface area contributed by atoms with Gasteiger partial charge in [0.25, 0.3) is 0 Å². The fourth-order valence-corrected chi connectivity index (χ4v) is 3.77. The smallest absolute Gasteiger partial charge is 0.248 e. The summed E-state index contributed by atoms with van der Waals surface area (Å²) in [5, 5.41) is 3.48. The third-order valence-electron chi connectivity index (χ3n) is 5.12. The van der Waals surface area contributed by atoms with Gasteiger partial charge in [0.1, 0.15) is 0 Å². The number of H-pyrrole nitrogens is 1. The number of pyridine rings is 2. The molecule has 0 unspecified atom stereocenters. The second-order valence-corrected chi connectivity index (χ2v) is 9.09. The minimum atomic E-state index is -0.122. The molecule has 2 N–H and O–H groups in total. The summed E-state index contributed by atoms with van der Waals surface area (Å²) in [6, 6.07) is 16.1. The van der Waals surface area contributed by atoms with E-state index >= 15 is 0 Å². The zero-order valence-electron chi connectivity index (χ0n) is 21.0. The van der Waals surface area contributed by atoms with E-state index in [4.69, 9.17) is 0 Å². The Bertz CT molecular complexity index is 1210. The Labute approximate surface area is 202 Å². The van der Waals surface area contributed by atoms with E-state index in [-0.39, 0.29) is 5.56 Å². The number of hydrogen-bond acceptors (Lipinski definition) is 4. The van der Waals surface area contributed by atoms with Crippen LogP contribution in [0.15, 0.2) is 71.9 Å². The molecule has 6 nitrogen and oxygen atoms in total. The standard InChI is InChI=1S/C24H27N5O.C4H10/c1-3-14-28(15-4-2)20-7-5-19(6-8-20)27-21-9-10-22(29-16-13-26-24(21)29)18-11-12-25-23(30)17-18;1-4(2)3/h5-13,16-17,27H,3-4,14-15H2,1-2H3,(H,25,30);4H,1-3H3. The first kappa shape index (κ1) is 25.1. The van der Waals surface area contributed by atoms with Crippen molar-refractivity contribution in [3.05, 3.63) is 77.5 Å². The summed E-state index contributed by atoms with van der Waals surface area (Å²) in [5.41, 5.74) is 5.65. The van der Waals surface area contributed by atoms with Crippen LogP contribution in [0, 0.1) is 5.92 Å². The normalized spacial score (nSPS) is 10.8. The van der Waals surface area contributed by atoms with Crippen LogP contribution in [0.4, 0.5) is 17.1 Å². The third kappa shape index (κ3) is 6.50. The Hall–Kier alpha value is -3.54. The van der Waals surface area contributed by atoms with Crippen molar-refractivity contribution in [1.29, 1.82) is 0 Å². The van der Waals surface area contributed by atoms with Crippen LogP contribution in [0.2, 0.25) is 0 Å². The lowest BCUT2D eigenvalue weighted by Gasteiger charge is -2.24. The zero-order valence-corrected chi connectivity index (χ0v) is 21.0. The molecule has 4 aromatic rings. The van der Waals surface area contributed by atoms with Gasteiger partial charge in [-0.3, -0.25) is 9.20 Å². The average Bonchev–Trinajstić information content (AvgIpc) is 3.30. The summed E-state index contributed by atoms with van der Waals surface area (Å²) in [5.74, 6) is 0.833. The van der Waals surface area contributed by atoms with Crippen LogP contribution >= 0.6 is 0 Å². The van der Waals surface area contributed by atoms with Gasteiger partial charge < -0.3 is 15.2 Å². The molecule has 0 fully saturated rings. The maximum atomic E-state index is 11.7. The summed E-state index contributed by atoms with van der Waals surface area (Å²) < 4.78 is 2.00. The van der Waals surface area contributed by atoms with Gasteiger partial charge in [0.05, 0.1) is 11.4 Å². The van der Waals surface area contributed by atoms with Crippen LogP contribution in [-0.4, -0.2) is 27.5 Å². The molecule has 0 aliphatic heterocycles. The van der Waals surface area contributed by atoms with E-state index in [1.54, 1.807) is 18.5 Å².